The van der Waals surface area contributed by atoms with E-state index in [1.54, 1.807) is 14.2 Å². The van der Waals surface area contributed by atoms with Gasteiger partial charge < -0.3 is 14.6 Å². The number of fused-ring (bicyclic) bond motifs is 5. The topological polar surface area (TPSA) is 38.7 Å². The maximum absolute atomic E-state index is 10.4. The third kappa shape index (κ3) is 1.60. The monoisotopic (exact) mass is 282 g/mol. The molecule has 0 spiro atoms. The van der Waals surface area contributed by atoms with Gasteiger partial charge in [0.1, 0.15) is 0 Å². The zero-order valence-corrected chi connectivity index (χ0v) is 12.2. The number of methoxy groups -OCH3 is 2. The van der Waals surface area contributed by atoms with Gasteiger partial charge in [-0.3, -0.25) is 0 Å². The Morgan fingerprint density at radius 1 is 1.05 bits per heavy atom. The number of hydrogen-bond acceptors (Lipinski definition) is 3. The molecule has 0 aliphatic heterocycles. The minimum absolute atomic E-state index is 0.115. The summed E-state index contributed by atoms with van der Waals surface area (Å²) in [6.45, 7) is 0. The Kier molecular flexibility index (Phi) is 2.64. The molecule has 0 saturated carbocycles. The molecule has 3 nitrogen and oxygen atoms in total. The zero-order valence-electron chi connectivity index (χ0n) is 12.2. The summed E-state index contributed by atoms with van der Waals surface area (Å²) < 4.78 is 10.8. The van der Waals surface area contributed by atoms with E-state index in [1.165, 1.54) is 16.7 Å². The molecule has 1 N–H and O–H groups in total. The van der Waals surface area contributed by atoms with Crippen molar-refractivity contribution >= 4 is 0 Å². The maximum atomic E-state index is 10.4. The number of benzene rings is 2. The van der Waals surface area contributed by atoms with E-state index in [2.05, 4.69) is 24.3 Å². The van der Waals surface area contributed by atoms with Crippen molar-refractivity contribution in [2.75, 3.05) is 14.2 Å². The fraction of sp³-hybridized carbons (Fsp3) is 0.333. The molecule has 108 valence electrons. The first-order valence-electron chi connectivity index (χ1n) is 7.29. The first-order chi connectivity index (χ1) is 10.2. The summed E-state index contributed by atoms with van der Waals surface area (Å²) in [6, 6.07) is 10.6. The summed E-state index contributed by atoms with van der Waals surface area (Å²) >= 11 is 0. The highest BCUT2D eigenvalue weighted by Gasteiger charge is 2.42. The molecule has 4 rings (SSSR count). The average molecular weight is 282 g/mol. The quantitative estimate of drug-likeness (QED) is 0.918. The number of phenols is 1. The van der Waals surface area contributed by atoms with Crippen LogP contribution in [0.2, 0.25) is 0 Å². The smallest absolute Gasteiger partial charge is 0.201 e. The third-order valence-electron chi connectivity index (χ3n) is 4.91. The molecule has 0 heterocycles. The van der Waals surface area contributed by atoms with E-state index in [1.807, 2.05) is 6.07 Å². The van der Waals surface area contributed by atoms with Gasteiger partial charge in [0.25, 0.3) is 0 Å². The Morgan fingerprint density at radius 2 is 1.81 bits per heavy atom. The Labute approximate surface area is 124 Å². The summed E-state index contributed by atoms with van der Waals surface area (Å²) in [7, 11) is 3.19. The Balaban J connectivity index is 1.94. The van der Waals surface area contributed by atoms with Crippen molar-refractivity contribution in [3.05, 3.63) is 52.6 Å². The van der Waals surface area contributed by atoms with Crippen LogP contribution in [0, 0.1) is 5.92 Å². The molecule has 2 aliphatic rings. The summed E-state index contributed by atoms with van der Waals surface area (Å²) in [5, 5.41) is 10.4. The van der Waals surface area contributed by atoms with Gasteiger partial charge in [-0.05, 0) is 41.5 Å². The van der Waals surface area contributed by atoms with Crippen molar-refractivity contribution in [2.45, 2.75) is 18.8 Å². The first-order valence-corrected chi connectivity index (χ1v) is 7.29. The molecule has 2 aromatic carbocycles. The van der Waals surface area contributed by atoms with Crippen LogP contribution in [0.1, 0.15) is 28.2 Å². The van der Waals surface area contributed by atoms with Crippen molar-refractivity contribution in [3.8, 4) is 17.2 Å². The van der Waals surface area contributed by atoms with Crippen molar-refractivity contribution in [1.82, 2.24) is 0 Å². The normalized spacial score (nSPS) is 21.6. The minimum atomic E-state index is 0.115. The van der Waals surface area contributed by atoms with Gasteiger partial charge in [0, 0.05) is 11.5 Å². The molecule has 0 aromatic heterocycles. The molecule has 0 fully saturated rings. The van der Waals surface area contributed by atoms with Crippen LogP contribution in [0.15, 0.2) is 30.3 Å². The lowest BCUT2D eigenvalue weighted by atomic mass is 9.91. The summed E-state index contributed by atoms with van der Waals surface area (Å²) in [5.41, 5.74) is 5.19. The van der Waals surface area contributed by atoms with Gasteiger partial charge in [-0.1, -0.05) is 24.3 Å². The molecule has 2 aliphatic carbocycles. The molecule has 0 amide bonds. The van der Waals surface area contributed by atoms with Crippen LogP contribution in [0.4, 0.5) is 0 Å². The van der Waals surface area contributed by atoms with Crippen LogP contribution < -0.4 is 9.47 Å². The summed E-state index contributed by atoms with van der Waals surface area (Å²) in [5.74, 6) is 2.09. The van der Waals surface area contributed by atoms with E-state index in [9.17, 15) is 5.11 Å². The lowest BCUT2D eigenvalue weighted by molar-refractivity contribution is 0.336. The maximum Gasteiger partial charge on any atom is 0.201 e. The third-order valence-corrected chi connectivity index (χ3v) is 4.91. The van der Waals surface area contributed by atoms with E-state index in [-0.39, 0.29) is 5.75 Å². The second-order valence-corrected chi connectivity index (χ2v) is 5.88. The second kappa shape index (κ2) is 4.42. The highest BCUT2D eigenvalue weighted by molar-refractivity contribution is 5.64. The first kappa shape index (κ1) is 12.6. The van der Waals surface area contributed by atoms with Gasteiger partial charge in [-0.2, -0.15) is 0 Å². The number of rotatable bonds is 2. The van der Waals surface area contributed by atoms with E-state index in [4.69, 9.17) is 9.47 Å². The Morgan fingerprint density at radius 3 is 2.57 bits per heavy atom. The lowest BCUT2D eigenvalue weighted by Crippen LogP contribution is -2.03. The molecule has 0 bridgehead atoms. The molecule has 0 unspecified atom stereocenters. The molecular weight excluding hydrogens is 264 g/mol. The highest BCUT2D eigenvalue weighted by atomic mass is 16.5. The number of phenolic OH excluding ortho intramolecular Hbond substituents is 1. The van der Waals surface area contributed by atoms with E-state index < -0.39 is 0 Å². The molecule has 2 atom stereocenters. The van der Waals surface area contributed by atoms with Crippen LogP contribution in [-0.2, 0) is 12.8 Å². The Hall–Kier alpha value is -2.16. The minimum Gasteiger partial charge on any atom is -0.502 e. The van der Waals surface area contributed by atoms with Gasteiger partial charge in [0.2, 0.25) is 5.75 Å². The molecule has 21 heavy (non-hydrogen) atoms. The number of aromatic hydroxyl groups is 1. The average Bonchev–Trinajstić information content (AvgIpc) is 3.02. The lowest BCUT2D eigenvalue weighted by Gasteiger charge is -2.18. The van der Waals surface area contributed by atoms with E-state index in [0.717, 1.165) is 18.4 Å². The van der Waals surface area contributed by atoms with Crippen molar-refractivity contribution in [3.63, 3.8) is 0 Å². The molecule has 0 saturated heterocycles. The van der Waals surface area contributed by atoms with Gasteiger partial charge in [-0.15, -0.1) is 0 Å². The molecule has 0 radical (unpaired) electrons. The van der Waals surface area contributed by atoms with Crippen LogP contribution in [0.3, 0.4) is 0 Å². The van der Waals surface area contributed by atoms with Crippen molar-refractivity contribution in [1.29, 1.82) is 0 Å². The van der Waals surface area contributed by atoms with Crippen LogP contribution in [0.5, 0.6) is 17.2 Å². The summed E-state index contributed by atoms with van der Waals surface area (Å²) in [4.78, 5) is 0. The van der Waals surface area contributed by atoms with Crippen molar-refractivity contribution in [2.24, 2.45) is 5.92 Å². The van der Waals surface area contributed by atoms with Crippen molar-refractivity contribution < 1.29 is 14.6 Å². The second-order valence-electron chi connectivity index (χ2n) is 5.88. The predicted octanol–water partition coefficient (Wildman–Crippen LogP) is 3.27. The standard InChI is InChI=1S/C18H18O3/c1-20-14-9-12-8-11-7-10-5-3-4-6-13(10)15(11)16(12)18(21-2)17(14)19/h3-6,9,11,15,19H,7-8H2,1-2H3/t11-,15+/m1/s1. The van der Waals surface area contributed by atoms with E-state index >= 15 is 0 Å². The van der Waals surface area contributed by atoms with E-state index in [0.29, 0.717) is 23.3 Å². The fourth-order valence-corrected chi connectivity index (χ4v) is 4.10. The highest BCUT2D eigenvalue weighted by Crippen LogP contribution is 2.56. The largest absolute Gasteiger partial charge is 0.502 e. The van der Waals surface area contributed by atoms with Gasteiger partial charge >= 0.3 is 0 Å². The predicted molar refractivity (Wildman–Crippen MR) is 80.4 cm³/mol. The summed E-state index contributed by atoms with van der Waals surface area (Å²) in [6.07, 6.45) is 2.11. The SMILES string of the molecule is COc1cc2c(c(OC)c1O)[C@@H]1c3ccccc3C[C@@H]1C2. The fourth-order valence-electron chi connectivity index (χ4n) is 4.10. The molecule has 3 heteroatoms. The van der Waals surface area contributed by atoms with Crippen LogP contribution in [0.25, 0.3) is 0 Å². The molecular formula is C18H18O3. The number of ether oxygens (including phenoxy) is 2. The molecule has 2 aromatic rings. The van der Waals surface area contributed by atoms with Gasteiger partial charge in [-0.25, -0.2) is 0 Å². The Bertz CT molecular complexity index is 721. The van der Waals surface area contributed by atoms with Gasteiger partial charge in [0.05, 0.1) is 14.2 Å². The van der Waals surface area contributed by atoms with Crippen LogP contribution in [-0.4, -0.2) is 19.3 Å². The zero-order chi connectivity index (χ0) is 14.6. The van der Waals surface area contributed by atoms with Gasteiger partial charge in [0.15, 0.2) is 11.5 Å². The number of hydrogen-bond donors (Lipinski definition) is 1. The van der Waals surface area contributed by atoms with Crippen LogP contribution >= 0.6 is 0 Å².